The molecular weight excluding hydrogens is 1400 g/mol. The van der Waals surface area contributed by atoms with Crippen LogP contribution in [0, 0.1) is 23.7 Å². The summed E-state index contributed by atoms with van der Waals surface area (Å²) in [6.07, 6.45) is 13.5. The van der Waals surface area contributed by atoms with E-state index in [9.17, 15) is 40.2 Å². The number of phenols is 2. The molecule has 6 aromatic rings. The number of aliphatic hydroxyl groups excluding tert-OH is 2. The van der Waals surface area contributed by atoms with Crippen molar-refractivity contribution in [3.8, 4) is 11.5 Å². The molecule has 10 N–H and O–H groups in total. The minimum atomic E-state index is -0.920. The van der Waals surface area contributed by atoms with Gasteiger partial charge in [0.1, 0.15) is 61.1 Å². The van der Waals surface area contributed by atoms with E-state index in [1.807, 2.05) is 36.4 Å². The zero-order chi connectivity index (χ0) is 68.5. The van der Waals surface area contributed by atoms with E-state index in [1.54, 1.807) is 24.3 Å². The highest BCUT2D eigenvalue weighted by Crippen LogP contribution is 2.45. The second-order valence-corrected chi connectivity index (χ2v) is 29.3. The van der Waals surface area contributed by atoms with Gasteiger partial charge in [-0.2, -0.15) is 0 Å². The minimum absolute atomic E-state index is 0. The fourth-order valence-corrected chi connectivity index (χ4v) is 16.7. The summed E-state index contributed by atoms with van der Waals surface area (Å²) >= 11 is 0. The average Bonchev–Trinajstić information content (AvgIpc) is 0.807. The lowest BCUT2D eigenvalue weighted by Gasteiger charge is -2.52. The normalized spacial score (nSPS) is 24.2. The van der Waals surface area contributed by atoms with Gasteiger partial charge in [0.25, 0.3) is 0 Å². The molecule has 8 fully saturated rings. The summed E-state index contributed by atoms with van der Waals surface area (Å²) in [4.78, 5) is 21.6. The number of carbonyl (C=O) groups is 2. The fraction of sp³-hybridized carbons (Fsp3) is 0.525. The lowest BCUT2D eigenvalue weighted by atomic mass is 9.80. The molecule has 6 aliphatic heterocycles. The minimum Gasteiger partial charge on any atom is -0.506 e. The van der Waals surface area contributed by atoms with Crippen LogP contribution in [-0.2, 0) is 53.0 Å². The second kappa shape index (κ2) is 37.2. The number of fused-ring (bicyclic) bond motifs is 6. The molecular formula is C80H110Br2N6O12+2. The summed E-state index contributed by atoms with van der Waals surface area (Å²) in [6, 6.07) is 46.5. The Hall–Kier alpha value is -5.66. The van der Waals surface area contributed by atoms with Crippen LogP contribution in [0.2, 0.25) is 0 Å². The number of quaternary nitrogens is 2. The number of anilines is 2. The average molecular weight is 1510 g/mol. The van der Waals surface area contributed by atoms with E-state index in [1.165, 1.54) is 89.7 Å². The standard InChI is InChI=1S/2C40H53N3O6.2BrH/c2*1-29(41-24-38(46)33-15-16-37(45)36(23-33)42-28-44)31-13-11-30(12-14-31)26-48-22-21-43-19-17-32(18-20-43)39(25-43)49-27-40(47,35-9-5-6-10-35)34-7-3-2-4-8-34;;/h2*2-4,7-8,11-16,23,28-29,32,35,38-39,41,46-47H,5-6,9-10,17-22,24-27H2,1H3,(H-,42,44,45);2*1H/p+2/t29-,32?,38+,39+,40-,43?;29-,32?,38-,39-,40+,43?;;/m10../s1. The van der Waals surface area contributed by atoms with Crippen LogP contribution in [0.5, 0.6) is 11.5 Å². The summed E-state index contributed by atoms with van der Waals surface area (Å²) < 4.78 is 27.9. The largest absolute Gasteiger partial charge is 0.506 e. The Kier molecular flexibility index (Phi) is 29.2. The van der Waals surface area contributed by atoms with Gasteiger partial charge in [0, 0.05) is 62.7 Å². The second-order valence-electron chi connectivity index (χ2n) is 29.3. The SMILES string of the molecule is Br.Br.C[C@@H](NC[C@H](O)c1ccc(O)c(NC=O)c1)c1ccc(COCC[N+]23CCC(CC2)[C@@H](OC[C@@](O)(c2ccccc2)C2CCCC2)C3)cc1.C[C@H](NC[C@H](O)c1ccc(O)c(NC=O)c1)c1ccc(COCC[N+]23CCC(CC2)[C@@H](OC[C@@](O)(c2ccccc2)C2CCCC2)C3)cc1. The number of rotatable bonds is 34. The van der Waals surface area contributed by atoms with Gasteiger partial charge in [-0.25, -0.2) is 0 Å². The molecule has 0 unspecified atom stereocenters. The van der Waals surface area contributed by atoms with E-state index in [4.69, 9.17) is 18.9 Å². The quantitative estimate of drug-likeness (QED) is 0.00783. The zero-order valence-electron chi connectivity index (χ0n) is 58.4. The smallest absolute Gasteiger partial charge is 0.211 e. The number of piperidine rings is 6. The van der Waals surface area contributed by atoms with Gasteiger partial charge in [0.05, 0.1) is 89.4 Å². The Bertz CT molecular complexity index is 3220. The Morgan fingerprint density at radius 2 is 0.840 bits per heavy atom. The Morgan fingerprint density at radius 1 is 0.490 bits per heavy atom. The molecule has 100 heavy (non-hydrogen) atoms. The first-order valence-corrected chi connectivity index (χ1v) is 36.3. The summed E-state index contributed by atoms with van der Waals surface area (Å²) in [5.74, 6) is 1.58. The highest BCUT2D eigenvalue weighted by Gasteiger charge is 2.50. The van der Waals surface area contributed by atoms with E-state index in [0.717, 1.165) is 94.2 Å². The molecule has 544 valence electrons. The van der Waals surface area contributed by atoms with Crippen molar-refractivity contribution in [3.05, 3.63) is 190 Å². The van der Waals surface area contributed by atoms with Gasteiger partial charge < -0.3 is 79.8 Å². The number of amides is 2. The molecule has 6 aromatic carbocycles. The zero-order valence-corrected chi connectivity index (χ0v) is 61.9. The Labute approximate surface area is 612 Å². The number of nitrogens with zero attached hydrogens (tertiary/aromatic N) is 2. The Morgan fingerprint density at radius 3 is 1.19 bits per heavy atom. The van der Waals surface area contributed by atoms with E-state index in [0.29, 0.717) is 88.5 Å². The number of halogens is 2. The maximum atomic E-state index is 12.0. The van der Waals surface area contributed by atoms with Gasteiger partial charge in [-0.1, -0.05) is 147 Å². The van der Waals surface area contributed by atoms with Crippen LogP contribution in [0.1, 0.15) is 160 Å². The first-order chi connectivity index (χ1) is 47.6. The highest BCUT2D eigenvalue weighted by atomic mass is 79.9. The first kappa shape index (κ1) is 78.5. The highest BCUT2D eigenvalue weighted by molar-refractivity contribution is 8.93. The van der Waals surface area contributed by atoms with Crippen LogP contribution >= 0.6 is 34.0 Å². The van der Waals surface area contributed by atoms with Crippen molar-refractivity contribution in [1.29, 1.82) is 0 Å². The third-order valence-electron chi connectivity index (χ3n) is 23.1. The number of hydrogen-bond donors (Lipinski definition) is 10. The molecule has 2 amide bonds. The van der Waals surface area contributed by atoms with Crippen LogP contribution in [-0.4, -0.2) is 157 Å². The molecule has 20 heteroatoms. The fourth-order valence-electron chi connectivity index (χ4n) is 16.7. The van der Waals surface area contributed by atoms with Gasteiger partial charge in [0.2, 0.25) is 12.8 Å². The number of nitrogens with one attached hydrogen (secondary N) is 4. The third-order valence-corrected chi connectivity index (χ3v) is 23.1. The van der Waals surface area contributed by atoms with Crippen molar-refractivity contribution in [1.82, 2.24) is 10.6 Å². The van der Waals surface area contributed by atoms with Crippen molar-refractivity contribution < 1.29 is 68.1 Å². The number of phenolic OH excluding ortho intramolecular Hbond substituents is 2. The van der Waals surface area contributed by atoms with E-state index in [2.05, 4.69) is 108 Å². The number of ether oxygens (including phenoxy) is 4. The van der Waals surface area contributed by atoms with Gasteiger partial charge in [-0.3, -0.25) is 9.59 Å². The third kappa shape index (κ3) is 20.0. The first-order valence-electron chi connectivity index (χ1n) is 36.3. The van der Waals surface area contributed by atoms with E-state index in [-0.39, 0.29) is 93.0 Å². The van der Waals surface area contributed by atoms with Crippen molar-refractivity contribution in [2.24, 2.45) is 23.7 Å². The number of aliphatic hydroxyl groups is 4. The van der Waals surface area contributed by atoms with Gasteiger partial charge in [-0.05, 0) is 120 Å². The van der Waals surface area contributed by atoms with E-state index < -0.39 is 23.4 Å². The molecule has 18 nitrogen and oxygen atoms in total. The van der Waals surface area contributed by atoms with Crippen LogP contribution in [0.25, 0.3) is 0 Å². The molecule has 8 aliphatic rings. The summed E-state index contributed by atoms with van der Waals surface area (Å²) in [6.45, 7) is 16.7. The molecule has 2 aliphatic carbocycles. The van der Waals surface area contributed by atoms with E-state index >= 15 is 0 Å². The number of aromatic hydroxyl groups is 2. The molecule has 4 bridgehead atoms. The van der Waals surface area contributed by atoms with Crippen LogP contribution in [0.3, 0.4) is 0 Å². The molecule has 6 heterocycles. The van der Waals surface area contributed by atoms with Crippen molar-refractivity contribution in [2.75, 3.05) is 103 Å². The lowest BCUT2D eigenvalue weighted by Crippen LogP contribution is -2.65. The van der Waals surface area contributed by atoms with Crippen LogP contribution in [0.15, 0.2) is 146 Å². The molecule has 0 aromatic heterocycles. The Balaban J connectivity index is 0.000000229. The maximum Gasteiger partial charge on any atom is 0.211 e. The van der Waals surface area contributed by atoms with Crippen LogP contribution < -0.4 is 21.3 Å². The van der Waals surface area contributed by atoms with Gasteiger partial charge in [-0.15, -0.1) is 34.0 Å². The van der Waals surface area contributed by atoms with Crippen molar-refractivity contribution in [3.63, 3.8) is 0 Å². The van der Waals surface area contributed by atoms with Gasteiger partial charge >= 0.3 is 0 Å². The number of carbonyl (C=O) groups excluding carboxylic acids is 2. The molecule has 8 atom stereocenters. The lowest BCUT2D eigenvalue weighted by molar-refractivity contribution is -0.946. The molecule has 2 saturated carbocycles. The summed E-state index contributed by atoms with van der Waals surface area (Å²) in [5, 5.41) is 76.7. The van der Waals surface area contributed by atoms with Crippen molar-refractivity contribution in [2.45, 2.75) is 152 Å². The van der Waals surface area contributed by atoms with Crippen molar-refractivity contribution >= 4 is 58.2 Å². The maximum absolute atomic E-state index is 12.0. The molecule has 0 spiro atoms. The monoisotopic (exact) mass is 1500 g/mol. The molecule has 0 radical (unpaired) electrons. The summed E-state index contributed by atoms with van der Waals surface area (Å²) in [7, 11) is 0. The summed E-state index contributed by atoms with van der Waals surface area (Å²) in [5.41, 5.74) is 6.36. The number of hydrogen-bond acceptors (Lipinski definition) is 14. The molecule has 14 rings (SSSR count). The van der Waals surface area contributed by atoms with Gasteiger partial charge in [0.15, 0.2) is 0 Å². The van der Waals surface area contributed by atoms with Crippen LogP contribution in [0.4, 0.5) is 11.4 Å². The number of benzene rings is 6. The topological polar surface area (TPSA) is 241 Å². The predicted molar refractivity (Wildman–Crippen MR) is 400 cm³/mol. The molecule has 6 saturated heterocycles. The predicted octanol–water partition coefficient (Wildman–Crippen LogP) is 12.3.